The maximum absolute atomic E-state index is 13.1. The molecule has 6 heteroatoms. The van der Waals surface area contributed by atoms with Gasteiger partial charge in [-0.05, 0) is 48.5 Å². The number of hydrogen-bond donors (Lipinski definition) is 0. The van der Waals surface area contributed by atoms with Crippen molar-refractivity contribution in [3.8, 4) is 23.3 Å². The summed E-state index contributed by atoms with van der Waals surface area (Å²) in [5, 5.41) is 8.86. The Labute approximate surface area is 145 Å². The zero-order chi connectivity index (χ0) is 17.5. The van der Waals surface area contributed by atoms with Gasteiger partial charge in [0.25, 0.3) is 0 Å². The minimum Gasteiger partial charge on any atom is -0.386 e. The second-order valence-corrected chi connectivity index (χ2v) is 6.43. The molecule has 0 heterocycles. The molecule has 0 unspecified atom stereocenters. The van der Waals surface area contributed by atoms with Crippen molar-refractivity contribution in [1.29, 1.82) is 5.26 Å². The van der Waals surface area contributed by atoms with E-state index in [2.05, 4.69) is 0 Å². The van der Waals surface area contributed by atoms with Gasteiger partial charge < -0.3 is 13.6 Å². The minimum absolute atomic E-state index is 0.272. The van der Waals surface area contributed by atoms with E-state index < -0.39 is 7.82 Å². The van der Waals surface area contributed by atoms with Crippen LogP contribution in [0.15, 0.2) is 84.9 Å². The van der Waals surface area contributed by atoms with Crippen molar-refractivity contribution in [2.45, 2.75) is 0 Å². The average Bonchev–Trinajstić information content (AvgIpc) is 2.64. The van der Waals surface area contributed by atoms with Crippen LogP contribution in [0.3, 0.4) is 0 Å². The first-order valence-corrected chi connectivity index (χ1v) is 8.92. The largest absolute Gasteiger partial charge is 0.647 e. The van der Waals surface area contributed by atoms with Crippen LogP contribution in [0.1, 0.15) is 5.56 Å². The molecule has 3 aromatic carbocycles. The van der Waals surface area contributed by atoms with Gasteiger partial charge in [0.2, 0.25) is 0 Å². The SMILES string of the molecule is N#Cc1ccc(OP(=O)(Oc2ccccc2)Oc2ccccc2)cc1. The molecule has 0 spiro atoms. The van der Waals surface area contributed by atoms with Crippen molar-refractivity contribution >= 4 is 7.82 Å². The van der Waals surface area contributed by atoms with Crippen LogP contribution in [0.2, 0.25) is 0 Å². The van der Waals surface area contributed by atoms with Crippen molar-refractivity contribution in [3.05, 3.63) is 90.5 Å². The maximum atomic E-state index is 13.1. The Hall–Kier alpha value is -3.22. The number of nitriles is 1. The number of benzene rings is 3. The Kier molecular flexibility index (Phi) is 5.03. The van der Waals surface area contributed by atoms with Crippen LogP contribution < -0.4 is 13.6 Å². The molecular weight excluding hydrogens is 337 g/mol. The summed E-state index contributed by atoms with van der Waals surface area (Å²) < 4.78 is 29.7. The van der Waals surface area contributed by atoms with E-state index in [1.807, 2.05) is 18.2 Å². The fraction of sp³-hybridized carbons (Fsp3) is 0. The summed E-state index contributed by atoms with van der Waals surface area (Å²) in [6.07, 6.45) is 0. The van der Waals surface area contributed by atoms with Gasteiger partial charge in [0.05, 0.1) is 11.6 Å². The lowest BCUT2D eigenvalue weighted by Gasteiger charge is -2.19. The molecule has 124 valence electrons. The topological polar surface area (TPSA) is 68.5 Å². The second kappa shape index (κ2) is 7.57. The molecular formula is C19H14NO4P. The Morgan fingerprint density at radius 3 is 1.44 bits per heavy atom. The zero-order valence-electron chi connectivity index (χ0n) is 13.1. The van der Waals surface area contributed by atoms with Crippen LogP contribution in [0.5, 0.6) is 17.2 Å². The Morgan fingerprint density at radius 2 is 1.04 bits per heavy atom. The predicted octanol–water partition coefficient (Wildman–Crippen LogP) is 5.20. The summed E-state index contributed by atoms with van der Waals surface area (Å²) in [6.45, 7) is 0. The highest BCUT2D eigenvalue weighted by atomic mass is 31.2. The third-order valence-corrected chi connectivity index (χ3v) is 4.42. The van der Waals surface area contributed by atoms with E-state index in [-0.39, 0.29) is 5.75 Å². The van der Waals surface area contributed by atoms with Crippen molar-refractivity contribution < 1.29 is 18.1 Å². The molecule has 0 atom stereocenters. The molecule has 3 rings (SSSR count). The molecule has 0 saturated heterocycles. The quantitative estimate of drug-likeness (QED) is 0.571. The van der Waals surface area contributed by atoms with E-state index in [0.717, 1.165) is 0 Å². The van der Waals surface area contributed by atoms with E-state index in [9.17, 15) is 4.57 Å². The minimum atomic E-state index is -3.99. The summed E-state index contributed by atoms with van der Waals surface area (Å²) in [5.41, 5.74) is 0.468. The van der Waals surface area contributed by atoms with Crippen LogP contribution in [0, 0.1) is 11.3 Å². The Balaban J connectivity index is 1.87. The third kappa shape index (κ3) is 4.63. The highest BCUT2D eigenvalue weighted by Crippen LogP contribution is 2.49. The highest BCUT2D eigenvalue weighted by molar-refractivity contribution is 7.49. The van der Waals surface area contributed by atoms with E-state index in [4.69, 9.17) is 18.8 Å². The van der Waals surface area contributed by atoms with Gasteiger partial charge in [0.1, 0.15) is 17.2 Å². The van der Waals surface area contributed by atoms with E-state index in [1.165, 1.54) is 12.1 Å². The van der Waals surface area contributed by atoms with Crippen LogP contribution in [0.4, 0.5) is 0 Å². The van der Waals surface area contributed by atoms with Gasteiger partial charge in [0.15, 0.2) is 0 Å². The summed E-state index contributed by atoms with van der Waals surface area (Å²) in [7, 11) is -3.99. The van der Waals surface area contributed by atoms with Crippen molar-refractivity contribution in [3.63, 3.8) is 0 Å². The molecule has 0 fully saturated rings. The van der Waals surface area contributed by atoms with Crippen molar-refractivity contribution in [1.82, 2.24) is 0 Å². The third-order valence-electron chi connectivity index (χ3n) is 3.12. The number of phosphoric acid groups is 1. The lowest BCUT2D eigenvalue weighted by atomic mass is 10.2. The fourth-order valence-electron chi connectivity index (χ4n) is 2.00. The average molecular weight is 351 g/mol. The molecule has 0 aliphatic carbocycles. The number of phosphoric ester groups is 1. The van der Waals surface area contributed by atoms with Crippen LogP contribution in [-0.2, 0) is 4.57 Å². The fourth-order valence-corrected chi connectivity index (χ4v) is 3.25. The molecule has 0 aliphatic heterocycles. The molecule has 0 aromatic heterocycles. The van der Waals surface area contributed by atoms with Gasteiger partial charge in [-0.2, -0.15) is 9.83 Å². The molecule has 0 N–H and O–H groups in total. The Morgan fingerprint density at radius 1 is 0.640 bits per heavy atom. The normalized spacial score (nSPS) is 10.5. The van der Waals surface area contributed by atoms with Gasteiger partial charge >= 0.3 is 7.82 Å². The number of hydrogen-bond acceptors (Lipinski definition) is 5. The van der Waals surface area contributed by atoms with Crippen molar-refractivity contribution in [2.24, 2.45) is 0 Å². The summed E-state index contributed by atoms with van der Waals surface area (Å²) >= 11 is 0. The lowest BCUT2D eigenvalue weighted by Crippen LogP contribution is -2.07. The number of nitrogens with zero attached hydrogens (tertiary/aromatic N) is 1. The van der Waals surface area contributed by atoms with E-state index >= 15 is 0 Å². The smallest absolute Gasteiger partial charge is 0.386 e. The maximum Gasteiger partial charge on any atom is 0.647 e. The second-order valence-electron chi connectivity index (χ2n) is 4.98. The molecule has 0 aliphatic rings. The first-order valence-electron chi connectivity index (χ1n) is 7.46. The first kappa shape index (κ1) is 16.6. The summed E-state index contributed by atoms with van der Waals surface area (Å²) in [5.74, 6) is 0.986. The Bertz CT molecular complexity index is 860. The molecule has 0 saturated carbocycles. The van der Waals surface area contributed by atoms with Gasteiger partial charge in [-0.3, -0.25) is 0 Å². The predicted molar refractivity (Wildman–Crippen MR) is 93.5 cm³/mol. The van der Waals surface area contributed by atoms with Crippen LogP contribution in [-0.4, -0.2) is 0 Å². The molecule has 0 radical (unpaired) electrons. The summed E-state index contributed by atoms with van der Waals surface area (Å²) in [6, 6.07) is 25.5. The molecule has 25 heavy (non-hydrogen) atoms. The van der Waals surface area contributed by atoms with E-state index in [0.29, 0.717) is 17.1 Å². The zero-order valence-corrected chi connectivity index (χ0v) is 14.0. The number of rotatable bonds is 6. The molecule has 0 bridgehead atoms. The van der Waals surface area contributed by atoms with Gasteiger partial charge in [-0.15, -0.1) is 0 Å². The van der Waals surface area contributed by atoms with Gasteiger partial charge in [0, 0.05) is 0 Å². The standard InChI is InChI=1S/C19H14NO4P/c20-15-16-11-13-19(14-12-16)24-25(21,22-17-7-3-1-4-8-17)23-18-9-5-2-6-10-18/h1-14H. The van der Waals surface area contributed by atoms with Crippen LogP contribution >= 0.6 is 7.82 Å². The first-order chi connectivity index (χ1) is 12.2. The van der Waals surface area contributed by atoms with Gasteiger partial charge in [-0.25, -0.2) is 0 Å². The molecule has 5 nitrogen and oxygen atoms in total. The van der Waals surface area contributed by atoms with Crippen molar-refractivity contribution in [2.75, 3.05) is 0 Å². The molecule has 3 aromatic rings. The highest BCUT2D eigenvalue weighted by Gasteiger charge is 2.33. The van der Waals surface area contributed by atoms with Crippen LogP contribution in [0.25, 0.3) is 0 Å². The van der Waals surface area contributed by atoms with Gasteiger partial charge in [-0.1, -0.05) is 36.4 Å². The lowest BCUT2D eigenvalue weighted by molar-refractivity contribution is 0.298. The van der Waals surface area contributed by atoms with E-state index in [1.54, 1.807) is 60.7 Å². The summed E-state index contributed by atoms with van der Waals surface area (Å²) in [4.78, 5) is 0. The number of para-hydroxylation sites is 2. The monoisotopic (exact) mass is 351 g/mol. The molecule has 0 amide bonds.